The van der Waals surface area contributed by atoms with E-state index in [0.29, 0.717) is 39.7 Å². The van der Waals surface area contributed by atoms with Crippen LogP contribution in [0.4, 0.5) is 0 Å². The standard InChI is InChI=1S/C45H60N4O14/c1-21-36-24(10-13-30(52)53)41(3,4)28(47-36)18-27-23(9-12-29(50)51)43(6,19-34(60)61)39(46-27)22(2)37-25(11-14-31(54)55)44(7,20-35(62)63)45(8,49-37)40-26(17-33(58)59)42(5,38(21)48-40)16-15-32(56)57/h18,23-26,40,46H,9-17,19-20H2,1-8H3,(H,50,51)(H,52,53)(H,54,55)(H,56,57)(H,58,59)(H,60,61)(H,62,63)/b27-18-,36-21-,39-22-. The third kappa shape index (κ3) is 8.56. The number of nitrogens with zero attached hydrogens (tertiary/aromatic N) is 3. The fourth-order valence-corrected chi connectivity index (χ4v) is 11.8. The summed E-state index contributed by atoms with van der Waals surface area (Å²) < 4.78 is 0. The van der Waals surface area contributed by atoms with Crippen LogP contribution in [-0.4, -0.2) is 106 Å². The Morgan fingerprint density at radius 2 is 1.16 bits per heavy atom. The lowest BCUT2D eigenvalue weighted by molar-refractivity contribution is -0.143. The summed E-state index contributed by atoms with van der Waals surface area (Å²) in [4.78, 5) is 104. The predicted octanol–water partition coefficient (Wildman–Crippen LogP) is 5.92. The molecule has 0 saturated carbocycles. The summed E-state index contributed by atoms with van der Waals surface area (Å²) in [5, 5.41) is 75.1. The van der Waals surface area contributed by atoms with Gasteiger partial charge in [-0.1, -0.05) is 34.6 Å². The van der Waals surface area contributed by atoms with Crippen LogP contribution >= 0.6 is 0 Å². The molecule has 0 aliphatic carbocycles. The maximum atomic E-state index is 13.1. The van der Waals surface area contributed by atoms with Gasteiger partial charge in [0.1, 0.15) is 0 Å². The molecule has 1 saturated heterocycles. The van der Waals surface area contributed by atoms with E-state index < -0.39 is 131 Å². The minimum Gasteiger partial charge on any atom is -0.481 e. The molecule has 0 radical (unpaired) electrons. The number of fused-ring (bicyclic) bond motifs is 6. The Labute approximate surface area is 365 Å². The topological polar surface area (TPSA) is 310 Å². The maximum absolute atomic E-state index is 13.1. The molecule has 5 aliphatic rings. The van der Waals surface area contributed by atoms with Gasteiger partial charge in [-0.05, 0) is 63.7 Å². The van der Waals surface area contributed by atoms with Crippen LogP contribution in [-0.2, 0) is 33.6 Å². The van der Waals surface area contributed by atoms with E-state index in [4.69, 9.17) is 15.0 Å². The number of carboxylic acid groups (broad SMARTS) is 7. The quantitative estimate of drug-likeness (QED) is 0.0792. The van der Waals surface area contributed by atoms with Crippen LogP contribution in [0.1, 0.15) is 126 Å². The normalized spacial score (nSPS) is 36.2. The van der Waals surface area contributed by atoms with E-state index in [1.807, 2.05) is 13.8 Å². The smallest absolute Gasteiger partial charge is 0.304 e. The van der Waals surface area contributed by atoms with E-state index in [1.54, 1.807) is 47.6 Å². The van der Waals surface area contributed by atoms with Crippen molar-refractivity contribution in [3.8, 4) is 0 Å². The van der Waals surface area contributed by atoms with Gasteiger partial charge in [-0.25, -0.2) is 0 Å². The molecule has 8 N–H and O–H groups in total. The molecule has 5 heterocycles. The van der Waals surface area contributed by atoms with Crippen molar-refractivity contribution in [1.29, 1.82) is 0 Å². The number of allylic oxidation sites excluding steroid dienone is 6. The molecule has 5 rings (SSSR count). The molecule has 18 nitrogen and oxygen atoms in total. The van der Waals surface area contributed by atoms with E-state index in [9.17, 15) is 69.3 Å². The average molecular weight is 881 g/mol. The van der Waals surface area contributed by atoms with Crippen LogP contribution in [0.15, 0.2) is 49.3 Å². The zero-order valence-corrected chi connectivity index (χ0v) is 37.1. The van der Waals surface area contributed by atoms with Crippen LogP contribution in [0.25, 0.3) is 0 Å². The minimum atomic E-state index is -1.63. The number of nitrogens with one attached hydrogen (secondary N) is 1. The zero-order chi connectivity index (χ0) is 47.4. The Bertz CT molecular complexity index is 2220. The highest BCUT2D eigenvalue weighted by Crippen LogP contribution is 2.62. The summed E-state index contributed by atoms with van der Waals surface area (Å²) in [5.74, 6) is -11.5. The van der Waals surface area contributed by atoms with Gasteiger partial charge in [0.25, 0.3) is 0 Å². The molecule has 9 unspecified atom stereocenters. The number of hydrogen-bond donors (Lipinski definition) is 8. The molecule has 8 bridgehead atoms. The molecule has 5 aliphatic heterocycles. The Hall–Kier alpha value is -5.68. The molecular formula is C45H60N4O14. The first-order chi connectivity index (χ1) is 29.0. The summed E-state index contributed by atoms with van der Waals surface area (Å²) in [5.41, 5.74) is -3.60. The van der Waals surface area contributed by atoms with Gasteiger partial charge in [-0.15, -0.1) is 0 Å². The van der Waals surface area contributed by atoms with E-state index in [2.05, 4.69) is 5.32 Å². The van der Waals surface area contributed by atoms with Gasteiger partial charge in [0.2, 0.25) is 0 Å². The van der Waals surface area contributed by atoms with Crippen LogP contribution in [0.3, 0.4) is 0 Å². The van der Waals surface area contributed by atoms with E-state index in [1.165, 1.54) is 0 Å². The van der Waals surface area contributed by atoms with Crippen molar-refractivity contribution in [2.45, 2.75) is 138 Å². The maximum Gasteiger partial charge on any atom is 0.304 e. The van der Waals surface area contributed by atoms with Crippen molar-refractivity contribution >= 4 is 58.9 Å². The van der Waals surface area contributed by atoms with Crippen LogP contribution in [0, 0.1) is 45.3 Å². The van der Waals surface area contributed by atoms with Crippen molar-refractivity contribution in [3.63, 3.8) is 0 Å². The highest BCUT2D eigenvalue weighted by atomic mass is 16.4. The van der Waals surface area contributed by atoms with Crippen molar-refractivity contribution in [3.05, 3.63) is 34.3 Å². The fourth-order valence-electron chi connectivity index (χ4n) is 11.8. The first-order valence-corrected chi connectivity index (χ1v) is 21.3. The lowest BCUT2D eigenvalue weighted by Gasteiger charge is -2.48. The van der Waals surface area contributed by atoms with Gasteiger partial charge in [-0.3, -0.25) is 48.5 Å². The number of hydrogen-bond acceptors (Lipinski definition) is 11. The van der Waals surface area contributed by atoms with Crippen LogP contribution in [0.5, 0.6) is 0 Å². The molecule has 0 aromatic rings. The number of aliphatic carboxylic acids is 7. The summed E-state index contributed by atoms with van der Waals surface area (Å²) >= 11 is 0. The van der Waals surface area contributed by atoms with E-state index in [-0.39, 0.29) is 44.2 Å². The van der Waals surface area contributed by atoms with Gasteiger partial charge in [0, 0.05) is 105 Å². The SMILES string of the molecule is C/C1=C2N=C(/C=C3\N/C(=C(/C)C4=NC(C)(C5N=C1C(C)(CCC(=O)O)C5CC(=O)O)C(C)(CC(=O)O)C4CCC(=O)O)C(C)(CC(=O)O)C3CCC(=O)O)C(C)(C)C/2CCC(=O)O. The molecule has 0 aromatic carbocycles. The first-order valence-electron chi connectivity index (χ1n) is 21.3. The molecule has 344 valence electrons. The van der Waals surface area contributed by atoms with Gasteiger partial charge in [0.15, 0.2) is 0 Å². The van der Waals surface area contributed by atoms with Gasteiger partial charge in [0.05, 0.1) is 30.8 Å². The van der Waals surface area contributed by atoms with Gasteiger partial charge in [-0.2, -0.15) is 0 Å². The van der Waals surface area contributed by atoms with E-state index >= 15 is 0 Å². The predicted molar refractivity (Wildman–Crippen MR) is 227 cm³/mol. The second kappa shape index (κ2) is 17.1. The molecule has 0 spiro atoms. The average Bonchev–Trinajstić information content (AvgIpc) is 3.75. The van der Waals surface area contributed by atoms with Crippen molar-refractivity contribution < 1.29 is 69.3 Å². The second-order valence-corrected chi connectivity index (χ2v) is 19.5. The second-order valence-electron chi connectivity index (χ2n) is 19.5. The molecule has 1 fully saturated rings. The largest absolute Gasteiger partial charge is 0.481 e. The fraction of sp³-hybridized carbons (Fsp3) is 0.644. The molecule has 0 amide bonds. The van der Waals surface area contributed by atoms with Crippen molar-refractivity contribution in [2.75, 3.05) is 0 Å². The summed E-state index contributed by atoms with van der Waals surface area (Å²) in [6.45, 7) is 13.9. The highest BCUT2D eigenvalue weighted by molar-refractivity contribution is 6.10. The monoisotopic (exact) mass is 880 g/mol. The molecule has 63 heavy (non-hydrogen) atoms. The van der Waals surface area contributed by atoms with Crippen molar-refractivity contribution in [2.24, 2.45) is 60.3 Å². The molecule has 18 heteroatoms. The van der Waals surface area contributed by atoms with Gasteiger partial charge < -0.3 is 41.1 Å². The van der Waals surface area contributed by atoms with Gasteiger partial charge >= 0.3 is 41.8 Å². The number of rotatable bonds is 18. The molecule has 9 atom stereocenters. The third-order valence-electron chi connectivity index (χ3n) is 15.3. The van der Waals surface area contributed by atoms with Crippen molar-refractivity contribution in [1.82, 2.24) is 5.32 Å². The Balaban J connectivity index is 2.03. The number of carboxylic acids is 7. The summed E-state index contributed by atoms with van der Waals surface area (Å²) in [7, 11) is 0. The minimum absolute atomic E-state index is 0.0202. The van der Waals surface area contributed by atoms with Crippen LogP contribution in [0.2, 0.25) is 0 Å². The molecule has 0 aromatic heterocycles. The Morgan fingerprint density at radius 3 is 1.67 bits per heavy atom. The highest BCUT2D eigenvalue weighted by Gasteiger charge is 2.66. The lowest BCUT2D eigenvalue weighted by Crippen LogP contribution is -2.55. The molecular weight excluding hydrogens is 821 g/mol. The third-order valence-corrected chi connectivity index (χ3v) is 15.3. The summed E-state index contributed by atoms with van der Waals surface area (Å²) in [6, 6.07) is -1.15. The Morgan fingerprint density at radius 1 is 0.635 bits per heavy atom. The zero-order valence-electron chi connectivity index (χ0n) is 37.1. The Kier molecular flexibility index (Phi) is 13.1. The van der Waals surface area contributed by atoms with Crippen LogP contribution < -0.4 is 5.32 Å². The first kappa shape index (κ1) is 48.4. The van der Waals surface area contributed by atoms with E-state index in [0.717, 1.165) is 0 Å². The summed E-state index contributed by atoms with van der Waals surface area (Å²) in [6.07, 6.45) is -1.45. The number of aliphatic imine (C=N–C) groups is 3. The lowest BCUT2D eigenvalue weighted by atomic mass is 9.55. The number of carbonyl (C=O) groups is 7.